The van der Waals surface area contributed by atoms with Crippen molar-refractivity contribution >= 4 is 17.7 Å². The number of hydrogen-bond acceptors (Lipinski definition) is 4. The lowest BCUT2D eigenvalue weighted by atomic mass is 10.2. The first-order valence-electron chi connectivity index (χ1n) is 8.20. The molecule has 5 nitrogen and oxygen atoms in total. The minimum absolute atomic E-state index is 0.109. The van der Waals surface area contributed by atoms with Crippen LogP contribution in [0.4, 0.5) is 0 Å². The Balaban J connectivity index is 1.63. The van der Waals surface area contributed by atoms with E-state index in [1.807, 2.05) is 13.0 Å². The molecule has 0 aromatic carbocycles. The largest absolute Gasteiger partial charge is 0.352 e. The number of thioether (sulfide) groups is 1. The van der Waals surface area contributed by atoms with Crippen LogP contribution in [0.15, 0.2) is 17.8 Å². The predicted octanol–water partition coefficient (Wildman–Crippen LogP) is 2.88. The molecule has 1 aromatic rings. The highest BCUT2D eigenvalue weighted by molar-refractivity contribution is 8.00. The summed E-state index contributed by atoms with van der Waals surface area (Å²) >= 11 is 1.50. The summed E-state index contributed by atoms with van der Waals surface area (Å²) in [5.41, 5.74) is 0. The second-order valence-electron chi connectivity index (χ2n) is 6.26. The number of nitrogens with zero attached hydrogens (tertiary/aromatic N) is 3. The first kappa shape index (κ1) is 15.6. The van der Waals surface area contributed by atoms with Crippen LogP contribution < -0.4 is 5.32 Å². The Morgan fingerprint density at radius 3 is 2.77 bits per heavy atom. The molecular weight excluding hydrogens is 296 g/mol. The minimum Gasteiger partial charge on any atom is -0.352 e. The van der Waals surface area contributed by atoms with Crippen LogP contribution in [0.2, 0.25) is 0 Å². The fraction of sp³-hybridized carbons (Fsp3) is 0.688. The van der Waals surface area contributed by atoms with Gasteiger partial charge in [0.2, 0.25) is 5.91 Å². The summed E-state index contributed by atoms with van der Waals surface area (Å²) in [5, 5.41) is 12.5. The molecule has 2 aliphatic carbocycles. The Bertz CT molecular complexity index is 546. The zero-order valence-electron chi connectivity index (χ0n) is 13.1. The average Bonchev–Trinajstić information content (AvgIpc) is 3.08. The monoisotopic (exact) mass is 320 g/mol. The molecule has 1 aromatic heterocycles. The first-order valence-corrected chi connectivity index (χ1v) is 9.08. The number of allylic oxidation sites excluding steroid dienone is 1. The van der Waals surface area contributed by atoms with Crippen LogP contribution >= 0.6 is 11.8 Å². The predicted molar refractivity (Wildman–Crippen MR) is 87.9 cm³/mol. The zero-order valence-corrected chi connectivity index (χ0v) is 13.9. The van der Waals surface area contributed by atoms with Crippen LogP contribution in [-0.4, -0.2) is 32.0 Å². The van der Waals surface area contributed by atoms with E-state index in [-0.39, 0.29) is 11.2 Å². The Labute approximate surface area is 136 Å². The van der Waals surface area contributed by atoms with Crippen molar-refractivity contribution in [3.05, 3.63) is 18.5 Å². The van der Waals surface area contributed by atoms with Gasteiger partial charge in [0.05, 0.1) is 5.25 Å². The summed E-state index contributed by atoms with van der Waals surface area (Å²) in [7, 11) is 0. The summed E-state index contributed by atoms with van der Waals surface area (Å²) in [6, 6.07) is 0.364. The lowest BCUT2D eigenvalue weighted by molar-refractivity contribution is -0.120. The Morgan fingerprint density at radius 1 is 1.41 bits per heavy atom. The van der Waals surface area contributed by atoms with Gasteiger partial charge in [-0.15, -0.1) is 16.8 Å². The fourth-order valence-corrected chi connectivity index (χ4v) is 3.81. The van der Waals surface area contributed by atoms with E-state index in [2.05, 4.69) is 26.7 Å². The Morgan fingerprint density at radius 2 is 2.14 bits per heavy atom. The summed E-state index contributed by atoms with van der Waals surface area (Å²) in [6.45, 7) is 6.46. The van der Waals surface area contributed by atoms with Crippen LogP contribution in [0.1, 0.15) is 57.2 Å². The molecule has 1 unspecified atom stereocenters. The highest BCUT2D eigenvalue weighted by Gasteiger charge is 2.31. The van der Waals surface area contributed by atoms with Crippen molar-refractivity contribution in [3.8, 4) is 0 Å². The van der Waals surface area contributed by atoms with Gasteiger partial charge in [0.1, 0.15) is 5.82 Å². The van der Waals surface area contributed by atoms with Gasteiger partial charge in [-0.05, 0) is 32.6 Å². The number of amides is 1. The van der Waals surface area contributed by atoms with E-state index in [1.165, 1.54) is 37.4 Å². The van der Waals surface area contributed by atoms with Crippen molar-refractivity contribution < 1.29 is 4.79 Å². The highest BCUT2D eigenvalue weighted by atomic mass is 32.2. The third-order valence-electron chi connectivity index (χ3n) is 4.35. The fourth-order valence-electron chi connectivity index (χ4n) is 2.93. The van der Waals surface area contributed by atoms with E-state index in [9.17, 15) is 4.79 Å². The molecule has 120 valence electrons. The molecular formula is C16H24N4OS. The van der Waals surface area contributed by atoms with Crippen LogP contribution in [0, 0.1) is 0 Å². The van der Waals surface area contributed by atoms with Gasteiger partial charge in [0.25, 0.3) is 0 Å². The number of hydrogen-bond donors (Lipinski definition) is 1. The van der Waals surface area contributed by atoms with Gasteiger partial charge >= 0.3 is 0 Å². The van der Waals surface area contributed by atoms with Crippen LogP contribution in [0.25, 0.3) is 0 Å². The molecule has 1 N–H and O–H groups in total. The molecule has 2 saturated carbocycles. The number of carbonyl (C=O) groups is 1. The lowest BCUT2D eigenvalue weighted by Crippen LogP contribution is -2.37. The maximum absolute atomic E-state index is 12.3. The van der Waals surface area contributed by atoms with Gasteiger partial charge in [0.15, 0.2) is 5.16 Å². The third-order valence-corrected chi connectivity index (χ3v) is 5.43. The lowest BCUT2D eigenvalue weighted by Gasteiger charge is -2.16. The maximum atomic E-state index is 12.3. The second kappa shape index (κ2) is 6.86. The summed E-state index contributed by atoms with van der Waals surface area (Å²) in [6.07, 6.45) is 8.93. The zero-order chi connectivity index (χ0) is 15.5. The van der Waals surface area contributed by atoms with Gasteiger partial charge in [-0.25, -0.2) is 0 Å². The normalized spacial score (nSPS) is 20.0. The maximum Gasteiger partial charge on any atom is 0.233 e. The molecule has 22 heavy (non-hydrogen) atoms. The smallest absolute Gasteiger partial charge is 0.233 e. The van der Waals surface area contributed by atoms with Crippen molar-refractivity contribution in [2.24, 2.45) is 0 Å². The van der Waals surface area contributed by atoms with Gasteiger partial charge < -0.3 is 9.88 Å². The minimum atomic E-state index is -0.152. The van der Waals surface area contributed by atoms with Crippen molar-refractivity contribution in [2.75, 3.05) is 0 Å². The van der Waals surface area contributed by atoms with Crippen molar-refractivity contribution in [1.82, 2.24) is 20.1 Å². The average molecular weight is 320 g/mol. The van der Waals surface area contributed by atoms with Crippen molar-refractivity contribution in [2.45, 2.75) is 74.4 Å². The van der Waals surface area contributed by atoms with Crippen LogP contribution in [0.3, 0.4) is 0 Å². The Hall–Kier alpha value is -1.30. The molecule has 0 aliphatic heterocycles. The summed E-state index contributed by atoms with van der Waals surface area (Å²) < 4.78 is 2.11. The number of aromatic nitrogens is 3. The molecule has 1 heterocycles. The van der Waals surface area contributed by atoms with E-state index in [0.717, 1.165) is 23.8 Å². The van der Waals surface area contributed by atoms with Crippen LogP contribution in [0.5, 0.6) is 0 Å². The summed E-state index contributed by atoms with van der Waals surface area (Å²) in [4.78, 5) is 12.3. The highest BCUT2D eigenvalue weighted by Crippen LogP contribution is 2.40. The van der Waals surface area contributed by atoms with E-state index >= 15 is 0 Å². The van der Waals surface area contributed by atoms with E-state index in [4.69, 9.17) is 0 Å². The molecule has 1 amide bonds. The second-order valence-corrected chi connectivity index (χ2v) is 7.57. The standard InChI is InChI=1S/C16H24N4OS/c1-3-10-20-14(12-8-9-12)18-19-16(20)22-11(2)15(21)17-13-6-4-5-7-13/h3,11-13H,1,4-10H2,2H3,(H,17,21). The first-order chi connectivity index (χ1) is 10.7. The topological polar surface area (TPSA) is 59.8 Å². The molecule has 6 heteroatoms. The van der Waals surface area contributed by atoms with Gasteiger partial charge in [0, 0.05) is 18.5 Å². The quantitative estimate of drug-likeness (QED) is 0.620. The van der Waals surface area contributed by atoms with Gasteiger partial charge in [-0.3, -0.25) is 4.79 Å². The van der Waals surface area contributed by atoms with Crippen LogP contribution in [-0.2, 0) is 11.3 Å². The SMILES string of the molecule is C=CCn1c(SC(C)C(=O)NC2CCCC2)nnc1C1CC1. The molecule has 2 fully saturated rings. The molecule has 0 spiro atoms. The molecule has 2 aliphatic rings. The van der Waals surface area contributed by atoms with E-state index in [1.54, 1.807) is 0 Å². The summed E-state index contributed by atoms with van der Waals surface area (Å²) in [5.74, 6) is 1.70. The molecule has 0 saturated heterocycles. The van der Waals surface area contributed by atoms with Crippen molar-refractivity contribution in [1.29, 1.82) is 0 Å². The molecule has 0 radical (unpaired) electrons. The van der Waals surface area contributed by atoms with Crippen molar-refractivity contribution in [3.63, 3.8) is 0 Å². The molecule has 3 rings (SSSR count). The Kier molecular flexibility index (Phi) is 4.86. The van der Waals surface area contributed by atoms with E-state index in [0.29, 0.717) is 18.5 Å². The number of rotatable bonds is 7. The van der Waals surface area contributed by atoms with Gasteiger partial charge in [-0.1, -0.05) is 30.7 Å². The molecule has 0 bridgehead atoms. The van der Waals surface area contributed by atoms with Gasteiger partial charge in [-0.2, -0.15) is 0 Å². The third kappa shape index (κ3) is 3.54. The number of carbonyl (C=O) groups excluding carboxylic acids is 1. The van der Waals surface area contributed by atoms with E-state index < -0.39 is 0 Å². The number of nitrogens with one attached hydrogen (secondary N) is 1. The molecule has 1 atom stereocenters.